The number of nitrogens with one attached hydrogen (secondary N) is 1. The number of ether oxygens (including phenoxy) is 3. The number of methoxy groups -OCH3 is 1. The van der Waals surface area contributed by atoms with Crippen molar-refractivity contribution in [3.8, 4) is 23.3 Å². The fourth-order valence-corrected chi connectivity index (χ4v) is 4.51. The van der Waals surface area contributed by atoms with Crippen LogP contribution in [0.3, 0.4) is 0 Å². The van der Waals surface area contributed by atoms with Crippen molar-refractivity contribution in [2.24, 2.45) is 0 Å². The Morgan fingerprint density at radius 2 is 1.68 bits per heavy atom. The molecule has 0 aliphatic heterocycles. The molecule has 1 amide bonds. The van der Waals surface area contributed by atoms with E-state index in [1.807, 2.05) is 36.4 Å². The predicted molar refractivity (Wildman–Crippen MR) is 145 cm³/mol. The normalized spacial score (nSPS) is 13.9. The fraction of sp³-hybridized carbons (Fsp3) is 0.290. The molecule has 6 heteroatoms. The van der Waals surface area contributed by atoms with Crippen LogP contribution in [-0.4, -0.2) is 26.2 Å². The van der Waals surface area contributed by atoms with E-state index >= 15 is 0 Å². The number of nitriles is 1. The van der Waals surface area contributed by atoms with Gasteiger partial charge < -0.3 is 19.5 Å². The average molecular weight is 497 g/mol. The molecule has 1 saturated carbocycles. The van der Waals surface area contributed by atoms with Gasteiger partial charge in [-0.05, 0) is 72.4 Å². The maximum atomic E-state index is 12.5. The number of hydrogen-bond acceptors (Lipinski definition) is 5. The number of carbonyl (C=O) groups is 1. The van der Waals surface area contributed by atoms with Crippen molar-refractivity contribution in [3.63, 3.8) is 0 Å². The smallest absolute Gasteiger partial charge is 0.266 e. The van der Waals surface area contributed by atoms with Crippen molar-refractivity contribution in [3.05, 3.63) is 89.5 Å². The lowest BCUT2D eigenvalue weighted by molar-refractivity contribution is -0.112. The highest BCUT2D eigenvalue weighted by molar-refractivity contribution is 6.09. The van der Waals surface area contributed by atoms with Crippen LogP contribution in [0, 0.1) is 11.3 Å². The van der Waals surface area contributed by atoms with Crippen molar-refractivity contribution in [1.29, 1.82) is 5.26 Å². The topological polar surface area (TPSA) is 80.6 Å². The maximum absolute atomic E-state index is 12.5. The second kappa shape index (κ2) is 13.2. The van der Waals surface area contributed by atoms with Gasteiger partial charge in [-0.3, -0.25) is 4.79 Å². The summed E-state index contributed by atoms with van der Waals surface area (Å²) in [6.07, 6.45) is 8.08. The van der Waals surface area contributed by atoms with E-state index in [1.165, 1.54) is 43.7 Å². The molecule has 1 aliphatic carbocycles. The Hall–Kier alpha value is -4.24. The van der Waals surface area contributed by atoms with Crippen LogP contribution < -0.4 is 19.5 Å². The van der Waals surface area contributed by atoms with Crippen LogP contribution in [0.5, 0.6) is 17.2 Å². The molecular weight excluding hydrogens is 464 g/mol. The van der Waals surface area contributed by atoms with Crippen LogP contribution >= 0.6 is 0 Å². The first-order chi connectivity index (χ1) is 18.2. The number of carbonyl (C=O) groups excluding carboxylic acids is 1. The zero-order valence-electron chi connectivity index (χ0n) is 21.1. The molecule has 1 N–H and O–H groups in total. The standard InChI is InChI=1S/C31H32N2O4/c1-35-30-21-23(20-26(22-32)31(34)33-27-10-6-3-7-11-27)12-17-29(30)37-19-18-36-28-15-13-25(14-16-28)24-8-4-2-5-9-24/h3,6-7,10-17,20-21,24H,2,4-5,8-9,18-19H2,1H3,(H,33,34). The van der Waals surface area contributed by atoms with Gasteiger partial charge in [0.05, 0.1) is 7.11 Å². The van der Waals surface area contributed by atoms with Crippen LogP contribution in [0.25, 0.3) is 6.08 Å². The second-order valence-corrected chi connectivity index (χ2v) is 9.00. The molecule has 0 bridgehead atoms. The molecular formula is C31H32N2O4. The summed E-state index contributed by atoms with van der Waals surface area (Å²) in [4.78, 5) is 12.5. The summed E-state index contributed by atoms with van der Waals surface area (Å²) in [7, 11) is 1.55. The van der Waals surface area contributed by atoms with Gasteiger partial charge in [0.15, 0.2) is 11.5 Å². The summed E-state index contributed by atoms with van der Waals surface area (Å²) < 4.78 is 17.2. The van der Waals surface area contributed by atoms with Crippen LogP contribution in [0.15, 0.2) is 78.4 Å². The Labute approximate surface area is 218 Å². The highest BCUT2D eigenvalue weighted by atomic mass is 16.5. The third-order valence-corrected chi connectivity index (χ3v) is 6.46. The molecule has 3 aromatic rings. The molecule has 1 aliphatic rings. The quantitative estimate of drug-likeness (QED) is 0.191. The van der Waals surface area contributed by atoms with Crippen LogP contribution in [-0.2, 0) is 4.79 Å². The molecule has 37 heavy (non-hydrogen) atoms. The highest BCUT2D eigenvalue weighted by Gasteiger charge is 2.15. The van der Waals surface area contributed by atoms with Crippen molar-refractivity contribution < 1.29 is 19.0 Å². The number of amides is 1. The highest BCUT2D eigenvalue weighted by Crippen LogP contribution is 2.33. The molecule has 0 atom stereocenters. The summed E-state index contributed by atoms with van der Waals surface area (Å²) in [5.41, 5.74) is 2.66. The summed E-state index contributed by atoms with van der Waals surface area (Å²) in [5.74, 6) is 2.10. The number of rotatable bonds is 10. The molecule has 0 radical (unpaired) electrons. The minimum Gasteiger partial charge on any atom is -0.493 e. The number of benzene rings is 3. The monoisotopic (exact) mass is 496 g/mol. The zero-order valence-corrected chi connectivity index (χ0v) is 21.1. The molecule has 190 valence electrons. The van der Waals surface area contributed by atoms with Crippen molar-refractivity contribution >= 4 is 17.7 Å². The molecule has 0 unspecified atom stereocenters. The van der Waals surface area contributed by atoms with Crippen LogP contribution in [0.4, 0.5) is 5.69 Å². The second-order valence-electron chi connectivity index (χ2n) is 9.00. The average Bonchev–Trinajstić information content (AvgIpc) is 2.95. The molecule has 0 aromatic heterocycles. The molecule has 3 aromatic carbocycles. The number of nitrogens with zero attached hydrogens (tertiary/aromatic N) is 1. The van der Waals surface area contributed by atoms with E-state index in [2.05, 4.69) is 17.4 Å². The Balaban J connectivity index is 1.30. The molecule has 0 saturated heterocycles. The number of para-hydroxylation sites is 1. The van der Waals surface area contributed by atoms with E-state index in [4.69, 9.17) is 14.2 Å². The van der Waals surface area contributed by atoms with Gasteiger partial charge >= 0.3 is 0 Å². The third kappa shape index (κ3) is 7.37. The van der Waals surface area contributed by atoms with Crippen LogP contribution in [0.1, 0.15) is 49.1 Å². The van der Waals surface area contributed by atoms with Gasteiger partial charge in [0.25, 0.3) is 5.91 Å². The van der Waals surface area contributed by atoms with E-state index < -0.39 is 5.91 Å². The van der Waals surface area contributed by atoms with Gasteiger partial charge in [-0.2, -0.15) is 5.26 Å². The maximum Gasteiger partial charge on any atom is 0.266 e. The molecule has 4 rings (SSSR count). The van der Waals surface area contributed by atoms with Gasteiger partial charge in [-0.15, -0.1) is 0 Å². The largest absolute Gasteiger partial charge is 0.493 e. The molecule has 0 heterocycles. The van der Waals surface area contributed by atoms with Gasteiger partial charge in [-0.1, -0.05) is 55.7 Å². The number of anilines is 1. The molecule has 6 nitrogen and oxygen atoms in total. The van der Waals surface area contributed by atoms with Gasteiger partial charge in [0.2, 0.25) is 0 Å². The van der Waals surface area contributed by atoms with Crippen molar-refractivity contribution in [1.82, 2.24) is 0 Å². The first kappa shape index (κ1) is 25.8. The minimum atomic E-state index is -0.475. The summed E-state index contributed by atoms with van der Waals surface area (Å²) in [6, 6.07) is 24.7. The Kier molecular flexibility index (Phi) is 9.20. The lowest BCUT2D eigenvalue weighted by Crippen LogP contribution is -2.13. The molecule has 1 fully saturated rings. The lowest BCUT2D eigenvalue weighted by Gasteiger charge is -2.22. The Bertz CT molecular complexity index is 1240. The van der Waals surface area contributed by atoms with Gasteiger partial charge in [0, 0.05) is 5.69 Å². The minimum absolute atomic E-state index is 0.0116. The third-order valence-electron chi connectivity index (χ3n) is 6.46. The number of hydrogen-bond donors (Lipinski definition) is 1. The van der Waals surface area contributed by atoms with E-state index in [0.717, 1.165) is 5.75 Å². The summed E-state index contributed by atoms with van der Waals surface area (Å²) >= 11 is 0. The van der Waals surface area contributed by atoms with Gasteiger partial charge in [-0.25, -0.2) is 0 Å². The predicted octanol–water partition coefficient (Wildman–Crippen LogP) is 6.75. The Morgan fingerprint density at radius 1 is 0.946 bits per heavy atom. The van der Waals surface area contributed by atoms with Crippen molar-refractivity contribution in [2.45, 2.75) is 38.0 Å². The zero-order chi connectivity index (χ0) is 25.9. The lowest BCUT2D eigenvalue weighted by atomic mass is 9.84. The fourth-order valence-electron chi connectivity index (χ4n) is 4.51. The van der Waals surface area contributed by atoms with E-state index in [0.29, 0.717) is 41.9 Å². The SMILES string of the molecule is COc1cc(C=C(C#N)C(=O)Nc2ccccc2)ccc1OCCOc1ccc(C2CCCCC2)cc1. The first-order valence-electron chi connectivity index (χ1n) is 12.7. The summed E-state index contributed by atoms with van der Waals surface area (Å²) in [6.45, 7) is 0.741. The molecule has 0 spiro atoms. The summed E-state index contributed by atoms with van der Waals surface area (Å²) in [5, 5.41) is 12.2. The van der Waals surface area contributed by atoms with Crippen LogP contribution in [0.2, 0.25) is 0 Å². The van der Waals surface area contributed by atoms with E-state index in [9.17, 15) is 10.1 Å². The first-order valence-corrected chi connectivity index (χ1v) is 12.7. The van der Waals surface area contributed by atoms with Crippen molar-refractivity contribution in [2.75, 3.05) is 25.6 Å². The van der Waals surface area contributed by atoms with E-state index in [1.54, 1.807) is 37.4 Å². The Morgan fingerprint density at radius 3 is 2.38 bits per heavy atom. The van der Waals surface area contributed by atoms with E-state index in [-0.39, 0.29) is 5.57 Å². The van der Waals surface area contributed by atoms with Gasteiger partial charge in [0.1, 0.15) is 30.6 Å².